The maximum atomic E-state index is 12.7. The first kappa shape index (κ1) is 21.7. The van der Waals surface area contributed by atoms with E-state index in [9.17, 15) is 26.4 Å². The summed E-state index contributed by atoms with van der Waals surface area (Å²) in [6.07, 6.45) is -1.87. The molecule has 0 radical (unpaired) electrons. The summed E-state index contributed by atoms with van der Waals surface area (Å²) >= 11 is 1.26. The number of thiazole rings is 1. The average Bonchev–Trinajstić information content (AvgIpc) is 3.08. The Morgan fingerprint density at radius 3 is 2.62 bits per heavy atom. The van der Waals surface area contributed by atoms with E-state index in [0.29, 0.717) is 42.2 Å². The summed E-state index contributed by atoms with van der Waals surface area (Å²) in [4.78, 5) is 18.5. The molecule has 2 heterocycles. The van der Waals surface area contributed by atoms with Gasteiger partial charge < -0.3 is 4.90 Å². The van der Waals surface area contributed by atoms with Crippen LogP contribution in [0, 0.1) is 0 Å². The summed E-state index contributed by atoms with van der Waals surface area (Å²) in [6, 6.07) is 4.42. The molecule has 1 aromatic carbocycles. The Hall–Kier alpha value is -1.98. The Labute approximate surface area is 170 Å². The Kier molecular flexibility index (Phi) is 6.30. The zero-order chi connectivity index (χ0) is 21.2. The first-order chi connectivity index (χ1) is 13.5. The molecular formula is C18H20F3N3O3S2. The van der Waals surface area contributed by atoms with Crippen molar-refractivity contribution in [2.75, 3.05) is 19.3 Å². The van der Waals surface area contributed by atoms with E-state index in [2.05, 4.69) is 9.71 Å². The number of sulfonamides is 1. The van der Waals surface area contributed by atoms with E-state index in [1.54, 1.807) is 10.3 Å². The van der Waals surface area contributed by atoms with E-state index in [1.165, 1.54) is 23.5 Å². The van der Waals surface area contributed by atoms with Crippen molar-refractivity contribution < 1.29 is 26.4 Å². The van der Waals surface area contributed by atoms with E-state index in [-0.39, 0.29) is 18.4 Å². The molecule has 2 aromatic rings. The van der Waals surface area contributed by atoms with Crippen LogP contribution in [0.1, 0.15) is 24.1 Å². The molecular weight excluding hydrogens is 427 g/mol. The lowest BCUT2D eigenvalue weighted by Gasteiger charge is -2.32. The van der Waals surface area contributed by atoms with Crippen molar-refractivity contribution in [1.29, 1.82) is 0 Å². The number of carbonyl (C=O) groups is 1. The van der Waals surface area contributed by atoms with E-state index >= 15 is 0 Å². The van der Waals surface area contributed by atoms with Crippen molar-refractivity contribution in [1.82, 2.24) is 14.6 Å². The van der Waals surface area contributed by atoms with E-state index in [4.69, 9.17) is 0 Å². The van der Waals surface area contributed by atoms with Gasteiger partial charge in [0.05, 0.1) is 23.9 Å². The van der Waals surface area contributed by atoms with Gasteiger partial charge >= 0.3 is 6.18 Å². The minimum atomic E-state index is -4.39. The summed E-state index contributed by atoms with van der Waals surface area (Å²) in [5.41, 5.74) is 0.362. The topological polar surface area (TPSA) is 79.4 Å². The molecule has 3 rings (SSSR count). The number of hydrogen-bond acceptors (Lipinski definition) is 5. The van der Waals surface area contributed by atoms with E-state index < -0.39 is 21.8 Å². The van der Waals surface area contributed by atoms with Crippen LogP contribution < -0.4 is 4.72 Å². The minimum absolute atomic E-state index is 0.0583. The molecule has 11 heteroatoms. The Bertz CT molecular complexity index is 972. The first-order valence-corrected chi connectivity index (χ1v) is 11.7. The lowest BCUT2D eigenvalue weighted by Crippen LogP contribution is -2.49. The van der Waals surface area contributed by atoms with Gasteiger partial charge in [0.15, 0.2) is 0 Å². The van der Waals surface area contributed by atoms with Crippen molar-refractivity contribution in [3.63, 3.8) is 0 Å². The van der Waals surface area contributed by atoms with Crippen LogP contribution in [-0.2, 0) is 27.4 Å². The molecule has 0 saturated carbocycles. The van der Waals surface area contributed by atoms with Crippen LogP contribution >= 0.6 is 11.3 Å². The number of hydrogen-bond donors (Lipinski definition) is 1. The fourth-order valence-electron chi connectivity index (χ4n) is 3.19. The number of aromatic nitrogens is 1. The number of nitrogens with zero attached hydrogens (tertiary/aromatic N) is 2. The largest absolute Gasteiger partial charge is 0.416 e. The number of likely N-dealkylation sites (tertiary alicyclic amines) is 1. The molecule has 29 heavy (non-hydrogen) atoms. The minimum Gasteiger partial charge on any atom is -0.341 e. The number of amides is 1. The van der Waals surface area contributed by atoms with Gasteiger partial charge in [-0.2, -0.15) is 13.2 Å². The average molecular weight is 448 g/mol. The highest BCUT2D eigenvalue weighted by Crippen LogP contribution is 2.31. The molecule has 1 aromatic heterocycles. The van der Waals surface area contributed by atoms with Crippen molar-refractivity contribution >= 4 is 27.3 Å². The molecule has 0 bridgehead atoms. The molecule has 0 aliphatic carbocycles. The third-order valence-corrected chi connectivity index (χ3v) is 6.20. The number of piperidine rings is 1. The van der Waals surface area contributed by atoms with Crippen LogP contribution in [0.25, 0.3) is 10.6 Å². The number of halogens is 3. The Morgan fingerprint density at radius 1 is 1.31 bits per heavy atom. The third kappa shape index (κ3) is 6.00. The lowest BCUT2D eigenvalue weighted by molar-refractivity contribution is -0.137. The number of benzene rings is 1. The van der Waals surface area contributed by atoms with Crippen LogP contribution in [0.15, 0.2) is 29.6 Å². The highest BCUT2D eigenvalue weighted by atomic mass is 32.2. The van der Waals surface area contributed by atoms with Crippen LogP contribution in [-0.4, -0.2) is 49.6 Å². The fraction of sp³-hybridized carbons (Fsp3) is 0.444. The Balaban J connectivity index is 1.63. The molecule has 0 spiro atoms. The summed E-state index contributed by atoms with van der Waals surface area (Å²) in [5, 5.41) is 2.25. The molecule has 6 nitrogen and oxygen atoms in total. The van der Waals surface area contributed by atoms with Crippen molar-refractivity contribution in [2.24, 2.45) is 0 Å². The molecule has 1 amide bonds. The fourth-order valence-corrected chi connectivity index (χ4v) is 4.82. The smallest absolute Gasteiger partial charge is 0.341 e. The molecule has 1 saturated heterocycles. The summed E-state index contributed by atoms with van der Waals surface area (Å²) in [6.45, 7) is 0.860. The van der Waals surface area contributed by atoms with E-state index in [1.807, 2.05) is 0 Å². The lowest BCUT2D eigenvalue weighted by atomic mass is 10.1. The highest BCUT2D eigenvalue weighted by Gasteiger charge is 2.30. The molecule has 1 aliphatic heterocycles. The summed E-state index contributed by atoms with van der Waals surface area (Å²) < 4.78 is 63.3. The van der Waals surface area contributed by atoms with Crippen LogP contribution in [0.5, 0.6) is 0 Å². The normalized spacial score (nSPS) is 18.1. The second-order valence-electron chi connectivity index (χ2n) is 6.96. The predicted octanol–water partition coefficient (Wildman–Crippen LogP) is 2.91. The van der Waals surface area contributed by atoms with Crippen LogP contribution in [0.4, 0.5) is 13.2 Å². The highest BCUT2D eigenvalue weighted by molar-refractivity contribution is 7.88. The molecule has 0 unspecified atom stereocenters. The summed E-state index contributed by atoms with van der Waals surface area (Å²) in [7, 11) is -3.34. The molecule has 1 N–H and O–H groups in total. The summed E-state index contributed by atoms with van der Waals surface area (Å²) in [5.74, 6) is -0.158. The van der Waals surface area contributed by atoms with Gasteiger partial charge in [0.25, 0.3) is 0 Å². The number of nitrogens with one attached hydrogen (secondary N) is 1. The van der Waals surface area contributed by atoms with E-state index in [0.717, 1.165) is 18.4 Å². The monoisotopic (exact) mass is 447 g/mol. The van der Waals surface area contributed by atoms with Crippen molar-refractivity contribution in [2.45, 2.75) is 31.5 Å². The SMILES string of the molecule is CS(=O)(=O)N[C@@H]1CCCN(C(=O)Cc2csc(-c3ccc(C(F)(F)F)cc3)n2)C1. The van der Waals surface area contributed by atoms with Crippen molar-refractivity contribution in [3.8, 4) is 10.6 Å². The Morgan fingerprint density at radius 2 is 2.00 bits per heavy atom. The zero-order valence-corrected chi connectivity index (χ0v) is 17.2. The van der Waals surface area contributed by atoms with Gasteiger partial charge in [-0.05, 0) is 25.0 Å². The quantitative estimate of drug-likeness (QED) is 0.765. The van der Waals surface area contributed by atoms with Crippen LogP contribution in [0.2, 0.25) is 0 Å². The van der Waals surface area contributed by atoms with Gasteiger partial charge in [0.2, 0.25) is 15.9 Å². The van der Waals surface area contributed by atoms with Gasteiger partial charge in [-0.15, -0.1) is 11.3 Å². The second kappa shape index (κ2) is 8.41. The van der Waals surface area contributed by atoms with Gasteiger partial charge in [-0.1, -0.05) is 12.1 Å². The second-order valence-corrected chi connectivity index (χ2v) is 9.60. The molecule has 1 fully saturated rings. The van der Waals surface area contributed by atoms with Gasteiger partial charge in [-0.25, -0.2) is 18.1 Å². The number of carbonyl (C=O) groups excluding carboxylic acids is 1. The van der Waals surface area contributed by atoms with Gasteiger partial charge in [0.1, 0.15) is 5.01 Å². The standard InChI is InChI=1S/C18H20F3N3O3S2/c1-29(26,27)23-14-3-2-8-24(10-14)16(25)9-15-11-28-17(22-15)12-4-6-13(7-5-12)18(19,20)21/h4-7,11,14,23H,2-3,8-10H2,1H3/t14-/m1/s1. The maximum Gasteiger partial charge on any atom is 0.416 e. The van der Waals surface area contributed by atoms with Crippen LogP contribution in [0.3, 0.4) is 0 Å². The number of alkyl halides is 3. The van der Waals surface area contributed by atoms with Crippen molar-refractivity contribution in [3.05, 3.63) is 40.9 Å². The molecule has 1 aliphatic rings. The third-order valence-electron chi connectivity index (χ3n) is 4.50. The zero-order valence-electron chi connectivity index (χ0n) is 15.6. The predicted molar refractivity (Wildman–Crippen MR) is 104 cm³/mol. The first-order valence-electron chi connectivity index (χ1n) is 8.88. The molecule has 1 atom stereocenters. The van der Waals surface area contributed by atoms with Gasteiger partial charge in [-0.3, -0.25) is 4.79 Å². The molecule has 158 valence electrons. The number of rotatable bonds is 5. The maximum absolute atomic E-state index is 12.7. The van der Waals surface area contributed by atoms with Gasteiger partial charge in [0, 0.05) is 30.1 Å².